The molecular formula is C20H16O5. The van der Waals surface area contributed by atoms with E-state index in [-0.39, 0.29) is 16.9 Å². The summed E-state index contributed by atoms with van der Waals surface area (Å²) in [7, 11) is 0. The van der Waals surface area contributed by atoms with Crippen LogP contribution >= 0.6 is 0 Å². The van der Waals surface area contributed by atoms with Crippen molar-refractivity contribution >= 4 is 17.0 Å². The largest absolute Gasteiger partial charge is 0.508 e. The molecule has 5 heteroatoms. The van der Waals surface area contributed by atoms with Crippen molar-refractivity contribution in [2.24, 2.45) is 0 Å². The molecule has 25 heavy (non-hydrogen) atoms. The second-order valence-electron chi connectivity index (χ2n) is 6.61. The summed E-state index contributed by atoms with van der Waals surface area (Å²) in [6.07, 6.45) is 5.09. The van der Waals surface area contributed by atoms with Gasteiger partial charge < -0.3 is 19.4 Å². The van der Waals surface area contributed by atoms with Crippen LogP contribution in [0.5, 0.6) is 17.2 Å². The number of aromatic hydroxyl groups is 2. The van der Waals surface area contributed by atoms with E-state index in [1.807, 2.05) is 26.0 Å². The molecule has 2 heterocycles. The van der Waals surface area contributed by atoms with Gasteiger partial charge in [-0.3, -0.25) is 4.79 Å². The minimum Gasteiger partial charge on any atom is -0.508 e. The molecule has 3 aromatic rings. The molecule has 0 atom stereocenters. The summed E-state index contributed by atoms with van der Waals surface area (Å²) >= 11 is 0. The number of rotatable bonds is 1. The van der Waals surface area contributed by atoms with Gasteiger partial charge in [-0.15, -0.1) is 0 Å². The molecular weight excluding hydrogens is 320 g/mol. The van der Waals surface area contributed by atoms with Gasteiger partial charge in [0.15, 0.2) is 16.9 Å². The van der Waals surface area contributed by atoms with Crippen LogP contribution in [-0.2, 0) is 0 Å². The standard InChI is InChI=1S/C20H16O5/c1-20(2)6-5-11-7-12(8-16(22)19(11)25-20)15-10-24-17-9-13(21)3-4-14(17)18(15)23/h3-10,21-22H,1-2H3. The quantitative estimate of drug-likeness (QED) is 0.700. The van der Waals surface area contributed by atoms with E-state index in [4.69, 9.17) is 9.15 Å². The number of hydrogen-bond donors (Lipinski definition) is 2. The van der Waals surface area contributed by atoms with E-state index in [1.165, 1.54) is 30.5 Å². The zero-order valence-electron chi connectivity index (χ0n) is 13.7. The number of benzene rings is 2. The van der Waals surface area contributed by atoms with Gasteiger partial charge in [0.05, 0.1) is 10.9 Å². The summed E-state index contributed by atoms with van der Waals surface area (Å²) in [4.78, 5) is 12.8. The first-order valence-electron chi connectivity index (χ1n) is 7.84. The van der Waals surface area contributed by atoms with Gasteiger partial charge in [-0.05, 0) is 49.8 Å². The highest BCUT2D eigenvalue weighted by molar-refractivity contribution is 5.84. The van der Waals surface area contributed by atoms with Crippen LogP contribution in [0.4, 0.5) is 0 Å². The van der Waals surface area contributed by atoms with Crippen LogP contribution in [0.3, 0.4) is 0 Å². The number of phenolic OH excluding ortho intramolecular Hbond substituents is 2. The Hall–Kier alpha value is -3.21. The topological polar surface area (TPSA) is 79.9 Å². The number of fused-ring (bicyclic) bond motifs is 2. The fourth-order valence-electron chi connectivity index (χ4n) is 2.93. The summed E-state index contributed by atoms with van der Waals surface area (Å²) in [6.45, 7) is 3.79. The van der Waals surface area contributed by atoms with Gasteiger partial charge in [0.2, 0.25) is 0 Å². The predicted molar refractivity (Wildman–Crippen MR) is 95.0 cm³/mol. The Kier molecular flexibility index (Phi) is 3.15. The Bertz CT molecular complexity index is 1090. The fourth-order valence-corrected chi connectivity index (χ4v) is 2.93. The van der Waals surface area contributed by atoms with Crippen LogP contribution in [0.25, 0.3) is 28.2 Å². The molecule has 4 rings (SSSR count). The summed E-state index contributed by atoms with van der Waals surface area (Å²) in [5.74, 6) is 0.390. The Morgan fingerprint density at radius 3 is 2.68 bits per heavy atom. The molecule has 0 saturated heterocycles. The summed E-state index contributed by atoms with van der Waals surface area (Å²) in [5.41, 5.74) is 1.13. The Morgan fingerprint density at radius 2 is 1.88 bits per heavy atom. The third-order valence-corrected chi connectivity index (χ3v) is 4.20. The van der Waals surface area contributed by atoms with Crippen LogP contribution in [0, 0.1) is 0 Å². The highest BCUT2D eigenvalue weighted by Crippen LogP contribution is 2.41. The van der Waals surface area contributed by atoms with Crippen molar-refractivity contribution in [3.63, 3.8) is 0 Å². The second kappa shape index (κ2) is 5.14. The smallest absolute Gasteiger partial charge is 0.200 e. The van der Waals surface area contributed by atoms with Gasteiger partial charge in [-0.1, -0.05) is 6.08 Å². The van der Waals surface area contributed by atoms with Crippen LogP contribution < -0.4 is 10.2 Å². The van der Waals surface area contributed by atoms with Gasteiger partial charge in [-0.2, -0.15) is 0 Å². The molecule has 1 aliphatic rings. The Balaban J connectivity index is 1.90. The van der Waals surface area contributed by atoms with Gasteiger partial charge in [0.1, 0.15) is 23.2 Å². The lowest BCUT2D eigenvalue weighted by Gasteiger charge is -2.28. The lowest BCUT2D eigenvalue weighted by atomic mass is 9.97. The summed E-state index contributed by atoms with van der Waals surface area (Å²) in [5, 5.41) is 20.2. The third-order valence-electron chi connectivity index (χ3n) is 4.20. The lowest BCUT2D eigenvalue weighted by molar-refractivity contribution is 0.153. The molecule has 2 aromatic carbocycles. The second-order valence-corrected chi connectivity index (χ2v) is 6.61. The van der Waals surface area contributed by atoms with Crippen molar-refractivity contribution in [3.8, 4) is 28.4 Å². The summed E-state index contributed by atoms with van der Waals surface area (Å²) < 4.78 is 11.3. The fraction of sp³-hybridized carbons (Fsp3) is 0.150. The van der Waals surface area contributed by atoms with Gasteiger partial charge in [0.25, 0.3) is 0 Å². The SMILES string of the molecule is CC1(C)C=Cc2cc(-c3coc4cc(O)ccc4c3=O)cc(O)c2O1. The molecule has 0 unspecified atom stereocenters. The minimum absolute atomic E-state index is 0.0275. The number of phenols is 2. The molecule has 1 aromatic heterocycles. The molecule has 5 nitrogen and oxygen atoms in total. The number of hydrogen-bond acceptors (Lipinski definition) is 5. The normalized spacial score (nSPS) is 15.0. The first-order valence-corrected chi connectivity index (χ1v) is 7.84. The molecule has 0 amide bonds. The van der Waals surface area contributed by atoms with Crippen LogP contribution in [0.1, 0.15) is 19.4 Å². The minimum atomic E-state index is -0.504. The van der Waals surface area contributed by atoms with Crippen molar-refractivity contribution in [2.75, 3.05) is 0 Å². The van der Waals surface area contributed by atoms with Gasteiger partial charge in [0, 0.05) is 11.6 Å². The third kappa shape index (κ3) is 2.54. The predicted octanol–water partition coefficient (Wildman–Crippen LogP) is 4.06. The van der Waals surface area contributed by atoms with Crippen LogP contribution in [0.2, 0.25) is 0 Å². The van der Waals surface area contributed by atoms with E-state index in [0.29, 0.717) is 33.4 Å². The first-order chi connectivity index (χ1) is 11.8. The first kappa shape index (κ1) is 15.3. The molecule has 1 aliphatic heterocycles. The zero-order valence-corrected chi connectivity index (χ0v) is 13.7. The van der Waals surface area contributed by atoms with Crippen LogP contribution in [0.15, 0.2) is 51.9 Å². The molecule has 0 radical (unpaired) electrons. The average Bonchev–Trinajstić information content (AvgIpc) is 2.55. The van der Waals surface area contributed by atoms with E-state index in [0.717, 1.165) is 0 Å². The van der Waals surface area contributed by atoms with E-state index < -0.39 is 5.60 Å². The van der Waals surface area contributed by atoms with E-state index in [1.54, 1.807) is 6.07 Å². The maximum Gasteiger partial charge on any atom is 0.200 e. The molecule has 0 fully saturated rings. The maximum atomic E-state index is 12.8. The average molecular weight is 336 g/mol. The van der Waals surface area contributed by atoms with Crippen LogP contribution in [-0.4, -0.2) is 15.8 Å². The van der Waals surface area contributed by atoms with E-state index in [2.05, 4.69) is 0 Å². The lowest BCUT2D eigenvalue weighted by Crippen LogP contribution is -2.27. The van der Waals surface area contributed by atoms with Crippen molar-refractivity contribution in [3.05, 3.63) is 58.5 Å². The van der Waals surface area contributed by atoms with E-state index >= 15 is 0 Å². The highest BCUT2D eigenvalue weighted by Gasteiger charge is 2.25. The Labute approximate surface area is 143 Å². The van der Waals surface area contributed by atoms with Crippen molar-refractivity contribution in [1.29, 1.82) is 0 Å². The van der Waals surface area contributed by atoms with E-state index in [9.17, 15) is 15.0 Å². The monoisotopic (exact) mass is 336 g/mol. The Morgan fingerprint density at radius 1 is 1.08 bits per heavy atom. The van der Waals surface area contributed by atoms with Gasteiger partial charge >= 0.3 is 0 Å². The highest BCUT2D eigenvalue weighted by atomic mass is 16.5. The molecule has 0 bridgehead atoms. The molecule has 0 saturated carbocycles. The van der Waals surface area contributed by atoms with Gasteiger partial charge in [-0.25, -0.2) is 0 Å². The number of ether oxygens (including phenoxy) is 1. The molecule has 0 aliphatic carbocycles. The van der Waals surface area contributed by atoms with Crippen molar-refractivity contribution in [1.82, 2.24) is 0 Å². The zero-order chi connectivity index (χ0) is 17.8. The molecule has 126 valence electrons. The molecule has 2 N–H and O–H groups in total. The summed E-state index contributed by atoms with van der Waals surface area (Å²) in [6, 6.07) is 7.62. The van der Waals surface area contributed by atoms with Crippen molar-refractivity contribution < 1.29 is 19.4 Å². The molecule has 0 spiro atoms. The maximum absolute atomic E-state index is 12.8. The van der Waals surface area contributed by atoms with Crippen molar-refractivity contribution in [2.45, 2.75) is 19.4 Å².